The van der Waals surface area contributed by atoms with E-state index in [9.17, 15) is 0 Å². The summed E-state index contributed by atoms with van der Waals surface area (Å²) in [7, 11) is 0. The first kappa shape index (κ1) is 33.9. The molecular formula is C39H47NO6. The van der Waals surface area contributed by atoms with E-state index >= 15 is 0 Å². The molecule has 0 aromatic heterocycles. The highest BCUT2D eigenvalue weighted by Gasteiger charge is 2.53. The van der Waals surface area contributed by atoms with Crippen LogP contribution in [0.2, 0.25) is 0 Å². The first-order valence-corrected chi connectivity index (χ1v) is 16.3. The Morgan fingerprint density at radius 2 is 0.978 bits per heavy atom. The molecule has 0 radical (unpaired) electrons. The molecule has 5 rings (SSSR count). The van der Waals surface area contributed by atoms with Crippen molar-refractivity contribution in [1.82, 2.24) is 5.48 Å². The van der Waals surface area contributed by atoms with Crippen molar-refractivity contribution in [2.24, 2.45) is 5.92 Å². The zero-order valence-electron chi connectivity index (χ0n) is 26.7. The van der Waals surface area contributed by atoms with Crippen LogP contribution in [0.25, 0.3) is 0 Å². The van der Waals surface area contributed by atoms with Gasteiger partial charge in [0, 0.05) is 12.5 Å². The molecule has 46 heavy (non-hydrogen) atoms. The summed E-state index contributed by atoms with van der Waals surface area (Å²) in [6, 6.07) is 40.5. The molecule has 1 aliphatic rings. The minimum absolute atomic E-state index is 0.130. The average Bonchev–Trinajstić information content (AvgIpc) is 3.39. The molecule has 1 saturated carbocycles. The molecule has 1 aliphatic carbocycles. The van der Waals surface area contributed by atoms with Gasteiger partial charge in [-0.3, -0.25) is 4.84 Å². The minimum Gasteiger partial charge on any atom is -0.376 e. The van der Waals surface area contributed by atoms with E-state index in [2.05, 4.69) is 60.9 Å². The van der Waals surface area contributed by atoms with Crippen LogP contribution in [-0.2, 0) is 54.9 Å². The molecule has 4 aromatic carbocycles. The first-order valence-electron chi connectivity index (χ1n) is 16.3. The Labute approximate surface area is 273 Å². The summed E-state index contributed by atoms with van der Waals surface area (Å²) >= 11 is 0. The zero-order chi connectivity index (χ0) is 31.7. The first-order chi connectivity index (χ1) is 22.8. The highest BCUT2D eigenvalue weighted by Crippen LogP contribution is 2.36. The van der Waals surface area contributed by atoms with E-state index in [-0.39, 0.29) is 24.9 Å². The maximum absolute atomic E-state index is 6.77. The van der Waals surface area contributed by atoms with Gasteiger partial charge in [0.25, 0.3) is 0 Å². The largest absolute Gasteiger partial charge is 0.376 e. The number of hydrogen-bond donors (Lipinski definition) is 1. The van der Waals surface area contributed by atoms with Crippen LogP contribution in [0.15, 0.2) is 121 Å². The molecule has 244 valence electrons. The standard InChI is InChI=1S/C39H47NO6/c1-2-3-24-41-30-46-40-36-35(29-42-25-31-16-8-4-9-17-31)37(43-26-32-18-10-5-11-19-32)39(45-28-34-22-14-7-15-23-34)38(36)44-27-33-20-12-6-13-21-33/h4-23,35-40H,2-3,24-30H2,1H3/t35-,36+,37-,38+,39+/m1/s1. The molecule has 0 spiro atoms. The van der Waals surface area contributed by atoms with E-state index in [1.54, 1.807) is 0 Å². The summed E-state index contributed by atoms with van der Waals surface area (Å²) in [5.41, 5.74) is 7.68. The second-order valence-corrected chi connectivity index (χ2v) is 11.6. The van der Waals surface area contributed by atoms with Gasteiger partial charge in [-0.05, 0) is 28.7 Å². The van der Waals surface area contributed by atoms with Crippen LogP contribution in [0, 0.1) is 5.92 Å². The molecule has 5 atom stereocenters. The molecule has 0 saturated heterocycles. The highest BCUT2D eigenvalue weighted by atomic mass is 16.8. The SMILES string of the molecule is CCCCOCON[C@H]1[C@@H](COCc2ccccc2)[C@@H](OCc2ccccc2)[C@H](OCc2ccccc2)[C@H]1OCc1ccccc1. The van der Waals surface area contributed by atoms with Crippen molar-refractivity contribution in [2.45, 2.75) is 70.5 Å². The van der Waals surface area contributed by atoms with Crippen LogP contribution in [0.3, 0.4) is 0 Å². The van der Waals surface area contributed by atoms with Crippen LogP contribution < -0.4 is 5.48 Å². The minimum atomic E-state index is -0.403. The van der Waals surface area contributed by atoms with Crippen LogP contribution in [0.5, 0.6) is 0 Å². The fourth-order valence-electron chi connectivity index (χ4n) is 5.71. The lowest BCUT2D eigenvalue weighted by Gasteiger charge is -2.27. The van der Waals surface area contributed by atoms with E-state index in [4.69, 9.17) is 28.5 Å². The van der Waals surface area contributed by atoms with E-state index in [0.29, 0.717) is 39.6 Å². The Kier molecular flexibility index (Phi) is 14.2. The fourth-order valence-corrected chi connectivity index (χ4v) is 5.71. The molecule has 0 heterocycles. The van der Waals surface area contributed by atoms with Crippen molar-refractivity contribution in [3.8, 4) is 0 Å². The predicted molar refractivity (Wildman–Crippen MR) is 178 cm³/mol. The molecule has 7 heteroatoms. The van der Waals surface area contributed by atoms with Gasteiger partial charge in [-0.2, -0.15) is 5.48 Å². The zero-order valence-corrected chi connectivity index (χ0v) is 26.7. The van der Waals surface area contributed by atoms with Gasteiger partial charge in [0.15, 0.2) is 6.79 Å². The number of benzene rings is 4. The smallest absolute Gasteiger partial charge is 0.166 e. The molecule has 7 nitrogen and oxygen atoms in total. The van der Waals surface area contributed by atoms with Gasteiger partial charge >= 0.3 is 0 Å². The second kappa shape index (κ2) is 19.3. The molecule has 0 amide bonds. The normalized spacial score (nSPS) is 21.0. The number of ether oxygens (including phenoxy) is 5. The Bertz CT molecular complexity index is 1340. The summed E-state index contributed by atoms with van der Waals surface area (Å²) in [6.07, 6.45) is 0.900. The summed E-state index contributed by atoms with van der Waals surface area (Å²) in [5, 5.41) is 0. The van der Waals surface area contributed by atoms with E-state index in [0.717, 1.165) is 35.1 Å². The van der Waals surface area contributed by atoms with Crippen LogP contribution in [-0.4, -0.2) is 44.4 Å². The van der Waals surface area contributed by atoms with E-state index in [1.807, 2.05) is 72.8 Å². The van der Waals surface area contributed by atoms with Gasteiger partial charge in [0.2, 0.25) is 0 Å². The number of nitrogens with one attached hydrogen (secondary N) is 1. The average molecular weight is 626 g/mol. The van der Waals surface area contributed by atoms with Gasteiger partial charge in [0.1, 0.15) is 12.2 Å². The molecule has 0 unspecified atom stereocenters. The van der Waals surface area contributed by atoms with Crippen LogP contribution >= 0.6 is 0 Å². The number of hydroxylamine groups is 1. The van der Waals surface area contributed by atoms with Crippen molar-refractivity contribution in [1.29, 1.82) is 0 Å². The third kappa shape index (κ3) is 10.6. The van der Waals surface area contributed by atoms with Crippen molar-refractivity contribution >= 4 is 0 Å². The van der Waals surface area contributed by atoms with E-state index < -0.39 is 12.2 Å². The highest BCUT2D eigenvalue weighted by molar-refractivity contribution is 5.17. The van der Waals surface area contributed by atoms with Gasteiger partial charge < -0.3 is 23.7 Å². The van der Waals surface area contributed by atoms with Crippen LogP contribution in [0.1, 0.15) is 42.0 Å². The Hall–Kier alpha value is -3.40. The molecule has 0 bridgehead atoms. The topological polar surface area (TPSA) is 67.4 Å². The van der Waals surface area contributed by atoms with Crippen LogP contribution in [0.4, 0.5) is 0 Å². The van der Waals surface area contributed by atoms with Crippen molar-refractivity contribution in [3.05, 3.63) is 144 Å². The van der Waals surface area contributed by atoms with Crippen molar-refractivity contribution in [2.75, 3.05) is 20.0 Å². The summed E-state index contributed by atoms with van der Waals surface area (Å²) in [5.74, 6) is -0.149. The van der Waals surface area contributed by atoms with Gasteiger partial charge in [-0.15, -0.1) is 0 Å². The molecule has 1 N–H and O–H groups in total. The maximum Gasteiger partial charge on any atom is 0.166 e. The maximum atomic E-state index is 6.77. The van der Waals surface area contributed by atoms with E-state index in [1.165, 1.54) is 0 Å². The van der Waals surface area contributed by atoms with Crippen molar-refractivity contribution < 1.29 is 28.5 Å². The molecule has 0 aliphatic heterocycles. The summed E-state index contributed by atoms with van der Waals surface area (Å²) in [6.45, 7) is 5.10. The Morgan fingerprint density at radius 1 is 0.522 bits per heavy atom. The molecular weight excluding hydrogens is 578 g/mol. The van der Waals surface area contributed by atoms with Crippen molar-refractivity contribution in [3.63, 3.8) is 0 Å². The quantitative estimate of drug-likeness (QED) is 0.0630. The van der Waals surface area contributed by atoms with Gasteiger partial charge in [-0.25, -0.2) is 0 Å². The molecule has 4 aromatic rings. The summed E-state index contributed by atoms with van der Waals surface area (Å²) < 4.78 is 32.3. The van der Waals surface area contributed by atoms with Gasteiger partial charge in [-0.1, -0.05) is 135 Å². The molecule has 1 fully saturated rings. The monoisotopic (exact) mass is 625 g/mol. The fraction of sp³-hybridized carbons (Fsp3) is 0.385. The van der Waals surface area contributed by atoms with Gasteiger partial charge in [0.05, 0.1) is 45.2 Å². The second-order valence-electron chi connectivity index (χ2n) is 11.6. The Balaban J connectivity index is 1.40. The third-order valence-electron chi connectivity index (χ3n) is 8.17. The number of hydrogen-bond acceptors (Lipinski definition) is 7. The summed E-state index contributed by atoms with van der Waals surface area (Å²) in [4.78, 5) is 5.94. The lowest BCUT2D eigenvalue weighted by Crippen LogP contribution is -2.46. The lowest BCUT2D eigenvalue weighted by molar-refractivity contribution is -0.146. The number of unbranched alkanes of at least 4 members (excludes halogenated alkanes) is 1. The lowest BCUT2D eigenvalue weighted by atomic mass is 10.0. The predicted octanol–water partition coefficient (Wildman–Crippen LogP) is 7.25. The number of rotatable bonds is 20. The third-order valence-corrected chi connectivity index (χ3v) is 8.17. The Morgan fingerprint density at radius 3 is 1.48 bits per heavy atom.